The van der Waals surface area contributed by atoms with Crippen molar-refractivity contribution in [2.45, 2.75) is 0 Å². The van der Waals surface area contributed by atoms with Crippen molar-refractivity contribution in [1.82, 2.24) is 0 Å². The maximum absolute atomic E-state index is 12.6. The largest absolute Gasteiger partial charge is 0.457 e. The van der Waals surface area contributed by atoms with Gasteiger partial charge >= 0.3 is 0 Å². The number of rotatable bonds is 2. The molecule has 0 aliphatic heterocycles. The van der Waals surface area contributed by atoms with Crippen LogP contribution in [0.1, 0.15) is 0 Å². The van der Waals surface area contributed by atoms with Gasteiger partial charge in [0.05, 0.1) is 5.02 Å². The van der Waals surface area contributed by atoms with Gasteiger partial charge in [-0.15, -0.1) is 0 Å². The van der Waals surface area contributed by atoms with E-state index in [1.807, 2.05) is 0 Å². The lowest BCUT2D eigenvalue weighted by Crippen LogP contribution is -1.84. The fourth-order valence-electron chi connectivity index (χ4n) is 1.12. The Balaban J connectivity index is 2.18. The molecule has 0 N–H and O–H groups in total. The molecule has 2 aromatic carbocycles. The Kier molecular flexibility index (Phi) is 2.88. The van der Waals surface area contributed by atoms with Crippen LogP contribution in [0.5, 0.6) is 11.5 Å². The van der Waals surface area contributed by atoms with Crippen molar-refractivity contribution in [2.24, 2.45) is 0 Å². The molecule has 3 heteroatoms. The number of hydrogen-bond donors (Lipinski definition) is 0. The highest BCUT2D eigenvalue weighted by Crippen LogP contribution is 2.23. The van der Waals surface area contributed by atoms with Gasteiger partial charge in [-0.25, -0.2) is 4.39 Å². The maximum Gasteiger partial charge on any atom is 0.128 e. The van der Waals surface area contributed by atoms with Crippen molar-refractivity contribution in [1.29, 1.82) is 0 Å². The molecule has 0 bridgehead atoms. The van der Waals surface area contributed by atoms with Gasteiger partial charge in [0.2, 0.25) is 0 Å². The van der Waals surface area contributed by atoms with E-state index in [2.05, 4.69) is 6.07 Å². The summed E-state index contributed by atoms with van der Waals surface area (Å²) in [6, 6.07) is 13.6. The molecule has 0 saturated carbocycles. The highest BCUT2D eigenvalue weighted by molar-refractivity contribution is 6.30. The van der Waals surface area contributed by atoms with Crippen LogP contribution in [0.2, 0.25) is 5.02 Å². The molecule has 2 rings (SSSR count). The van der Waals surface area contributed by atoms with Gasteiger partial charge in [0.25, 0.3) is 0 Å². The molecular weight excluding hydrogens is 215 g/mol. The summed E-state index contributed by atoms with van der Waals surface area (Å²) in [6.07, 6.45) is 0. The summed E-state index contributed by atoms with van der Waals surface area (Å²) in [6.45, 7) is 0. The van der Waals surface area contributed by atoms with Crippen molar-refractivity contribution in [3.05, 3.63) is 59.4 Å². The Hall–Kier alpha value is -1.54. The van der Waals surface area contributed by atoms with Crippen LogP contribution in [0, 0.1) is 11.9 Å². The minimum atomic E-state index is -0.290. The van der Waals surface area contributed by atoms with Crippen LogP contribution in [0.25, 0.3) is 0 Å². The molecule has 75 valence electrons. The summed E-state index contributed by atoms with van der Waals surface area (Å²) in [4.78, 5) is 0. The Bertz CT molecular complexity index is 453. The van der Waals surface area contributed by atoms with Gasteiger partial charge in [0, 0.05) is 12.1 Å². The first-order valence-electron chi connectivity index (χ1n) is 4.35. The van der Waals surface area contributed by atoms with Crippen LogP contribution in [0.3, 0.4) is 0 Å². The number of halogens is 2. The van der Waals surface area contributed by atoms with Gasteiger partial charge in [-0.3, -0.25) is 0 Å². The molecule has 1 nitrogen and oxygen atoms in total. The third kappa shape index (κ3) is 2.70. The third-order valence-corrected chi connectivity index (χ3v) is 2.01. The van der Waals surface area contributed by atoms with E-state index in [0.717, 1.165) is 0 Å². The minimum Gasteiger partial charge on any atom is -0.457 e. The van der Waals surface area contributed by atoms with Crippen LogP contribution < -0.4 is 4.74 Å². The van der Waals surface area contributed by atoms with Crippen molar-refractivity contribution < 1.29 is 9.13 Å². The molecular formula is C12H7ClFO. The molecule has 0 spiro atoms. The number of ether oxygens (including phenoxy) is 1. The zero-order valence-electron chi connectivity index (χ0n) is 7.71. The van der Waals surface area contributed by atoms with Crippen LogP contribution in [0.15, 0.2) is 42.5 Å². The first kappa shape index (κ1) is 9.99. The zero-order chi connectivity index (χ0) is 10.7. The van der Waals surface area contributed by atoms with E-state index in [1.54, 1.807) is 30.3 Å². The summed E-state index contributed by atoms with van der Waals surface area (Å²) >= 11 is 5.74. The predicted molar refractivity (Wildman–Crippen MR) is 56.8 cm³/mol. The molecule has 0 aliphatic carbocycles. The quantitative estimate of drug-likeness (QED) is 0.743. The summed E-state index contributed by atoms with van der Waals surface area (Å²) in [7, 11) is 0. The summed E-state index contributed by atoms with van der Waals surface area (Å²) in [5, 5.41) is 0.481. The summed E-state index contributed by atoms with van der Waals surface area (Å²) in [5.41, 5.74) is 0. The van der Waals surface area contributed by atoms with Crippen molar-refractivity contribution in [3.63, 3.8) is 0 Å². The fraction of sp³-hybridized carbons (Fsp3) is 0. The lowest BCUT2D eigenvalue weighted by atomic mass is 10.3. The second-order valence-corrected chi connectivity index (χ2v) is 3.34. The van der Waals surface area contributed by atoms with E-state index in [1.165, 1.54) is 12.1 Å². The molecule has 0 fully saturated rings. The SMILES string of the molecule is Fc1ccc(Oc2cc[c]c(Cl)c2)cc1. The van der Waals surface area contributed by atoms with E-state index < -0.39 is 0 Å². The first-order valence-corrected chi connectivity index (χ1v) is 4.72. The van der Waals surface area contributed by atoms with E-state index in [4.69, 9.17) is 16.3 Å². The standard InChI is InChI=1S/C12H7ClFO/c13-9-2-1-3-12(8-9)15-11-6-4-10(14)5-7-11/h1,3-8H. The van der Waals surface area contributed by atoms with Crippen molar-refractivity contribution in [3.8, 4) is 11.5 Å². The molecule has 2 aromatic rings. The lowest BCUT2D eigenvalue weighted by molar-refractivity contribution is 0.480. The maximum atomic E-state index is 12.6. The molecule has 0 aliphatic rings. The lowest BCUT2D eigenvalue weighted by Gasteiger charge is -2.04. The van der Waals surface area contributed by atoms with Gasteiger partial charge in [0.15, 0.2) is 0 Å². The molecule has 15 heavy (non-hydrogen) atoms. The van der Waals surface area contributed by atoms with E-state index in [0.29, 0.717) is 16.5 Å². The van der Waals surface area contributed by atoms with Crippen LogP contribution in [-0.2, 0) is 0 Å². The van der Waals surface area contributed by atoms with Crippen LogP contribution in [-0.4, -0.2) is 0 Å². The predicted octanol–water partition coefficient (Wildman–Crippen LogP) is 4.07. The van der Waals surface area contributed by atoms with Gasteiger partial charge < -0.3 is 4.74 Å². The first-order chi connectivity index (χ1) is 7.24. The molecule has 0 aromatic heterocycles. The Labute approximate surface area is 92.1 Å². The summed E-state index contributed by atoms with van der Waals surface area (Å²) in [5.74, 6) is 0.880. The van der Waals surface area contributed by atoms with E-state index in [9.17, 15) is 4.39 Å². The normalized spacial score (nSPS) is 10.0. The van der Waals surface area contributed by atoms with Crippen molar-refractivity contribution >= 4 is 11.6 Å². The Morgan fingerprint density at radius 1 is 1.07 bits per heavy atom. The van der Waals surface area contributed by atoms with Gasteiger partial charge in [0.1, 0.15) is 17.3 Å². The van der Waals surface area contributed by atoms with Gasteiger partial charge in [-0.05, 0) is 36.4 Å². The molecule has 1 radical (unpaired) electrons. The van der Waals surface area contributed by atoms with E-state index >= 15 is 0 Å². The average molecular weight is 222 g/mol. The van der Waals surface area contributed by atoms with Crippen molar-refractivity contribution in [2.75, 3.05) is 0 Å². The van der Waals surface area contributed by atoms with Gasteiger partial charge in [-0.1, -0.05) is 11.6 Å². The molecule has 0 amide bonds. The fourth-order valence-corrected chi connectivity index (χ4v) is 1.29. The smallest absolute Gasteiger partial charge is 0.128 e. The monoisotopic (exact) mass is 221 g/mol. The van der Waals surface area contributed by atoms with E-state index in [-0.39, 0.29) is 5.82 Å². The second-order valence-electron chi connectivity index (χ2n) is 2.93. The molecule has 0 atom stereocenters. The Morgan fingerprint density at radius 2 is 1.80 bits per heavy atom. The highest BCUT2D eigenvalue weighted by Gasteiger charge is 1.98. The molecule has 0 unspecified atom stereocenters. The minimum absolute atomic E-state index is 0.290. The van der Waals surface area contributed by atoms with Crippen LogP contribution in [0.4, 0.5) is 4.39 Å². The highest BCUT2D eigenvalue weighted by atomic mass is 35.5. The topological polar surface area (TPSA) is 9.23 Å². The number of benzene rings is 2. The van der Waals surface area contributed by atoms with Crippen LogP contribution >= 0.6 is 11.6 Å². The zero-order valence-corrected chi connectivity index (χ0v) is 8.46. The molecule has 0 heterocycles. The number of hydrogen-bond acceptors (Lipinski definition) is 1. The Morgan fingerprint density at radius 3 is 2.47 bits per heavy atom. The molecule has 0 saturated heterocycles. The summed E-state index contributed by atoms with van der Waals surface area (Å²) < 4.78 is 18.1. The average Bonchev–Trinajstić information content (AvgIpc) is 2.22. The second kappa shape index (κ2) is 4.32. The third-order valence-electron chi connectivity index (χ3n) is 1.79. The van der Waals surface area contributed by atoms with Gasteiger partial charge in [-0.2, -0.15) is 0 Å².